The molecule has 2 aromatic carbocycles. The van der Waals surface area contributed by atoms with Gasteiger partial charge in [-0.2, -0.15) is 0 Å². The molecule has 5 nitrogen and oxygen atoms in total. The Bertz CT molecular complexity index is 1000. The number of benzene rings is 2. The molecule has 0 aliphatic carbocycles. The van der Waals surface area contributed by atoms with Gasteiger partial charge in [0.15, 0.2) is 0 Å². The number of anilines is 1. The highest BCUT2D eigenvalue weighted by atomic mass is 16.3. The molecule has 2 aromatic rings. The smallest absolute Gasteiger partial charge is 0.326 e. The molecule has 3 rings (SSSR count). The maximum atomic E-state index is 12.9. The zero-order valence-corrected chi connectivity index (χ0v) is 17.8. The number of primary amides is 1. The maximum Gasteiger partial charge on any atom is 0.326 e. The number of carbonyl (C=O) groups is 2. The van der Waals surface area contributed by atoms with Crippen LogP contribution in [0.5, 0.6) is 5.75 Å². The van der Waals surface area contributed by atoms with Crippen LogP contribution in [0.15, 0.2) is 36.4 Å². The van der Waals surface area contributed by atoms with E-state index in [-0.39, 0.29) is 16.6 Å². The van der Waals surface area contributed by atoms with E-state index in [1.54, 1.807) is 24.3 Å². The number of para-hydroxylation sites is 1. The highest BCUT2D eigenvalue weighted by Gasteiger charge is 2.35. The van der Waals surface area contributed by atoms with Crippen molar-refractivity contribution in [3.05, 3.63) is 58.7 Å². The van der Waals surface area contributed by atoms with Crippen molar-refractivity contribution in [3.8, 4) is 5.75 Å². The first-order valence-electron chi connectivity index (χ1n) is 9.65. The molecule has 0 bridgehead atoms. The number of phenolic OH excluding ortho intramolecular Hbond substituents is 1. The van der Waals surface area contributed by atoms with Crippen LogP contribution in [0.3, 0.4) is 0 Å². The topological polar surface area (TPSA) is 83.6 Å². The van der Waals surface area contributed by atoms with E-state index >= 15 is 0 Å². The predicted octanol–water partition coefficient (Wildman–Crippen LogP) is 4.95. The minimum absolute atomic E-state index is 0.282. The van der Waals surface area contributed by atoms with E-state index < -0.39 is 11.9 Å². The SMILES string of the molecule is CC(C)(C)c1cc(/C=C2\C(=O)N(C(N)=O)c3ccccc32)cc(C(C)(C)C)c1O. The molecule has 5 heteroatoms. The zero-order chi connectivity index (χ0) is 21.7. The van der Waals surface area contributed by atoms with Crippen LogP contribution in [0.2, 0.25) is 0 Å². The summed E-state index contributed by atoms with van der Waals surface area (Å²) in [6.45, 7) is 12.2. The molecule has 0 atom stereocenters. The fraction of sp³-hybridized carbons (Fsp3) is 0.333. The fourth-order valence-corrected chi connectivity index (χ4v) is 3.65. The number of nitrogens with zero attached hydrogens (tertiary/aromatic N) is 1. The van der Waals surface area contributed by atoms with Gasteiger partial charge in [-0.05, 0) is 40.7 Å². The number of amides is 3. The average Bonchev–Trinajstić information content (AvgIpc) is 2.86. The molecule has 0 radical (unpaired) electrons. The molecular formula is C24H28N2O3. The van der Waals surface area contributed by atoms with E-state index in [9.17, 15) is 14.7 Å². The summed E-state index contributed by atoms with van der Waals surface area (Å²) in [5.41, 5.74) is 8.85. The maximum absolute atomic E-state index is 12.9. The van der Waals surface area contributed by atoms with Crippen molar-refractivity contribution in [2.24, 2.45) is 5.73 Å². The minimum Gasteiger partial charge on any atom is -0.507 e. The Hall–Kier alpha value is -3.08. The van der Waals surface area contributed by atoms with Crippen LogP contribution in [0, 0.1) is 0 Å². The van der Waals surface area contributed by atoms with Crippen molar-refractivity contribution in [1.29, 1.82) is 0 Å². The van der Waals surface area contributed by atoms with Gasteiger partial charge in [0.1, 0.15) is 5.75 Å². The molecule has 0 saturated carbocycles. The second-order valence-corrected chi connectivity index (χ2v) is 9.52. The van der Waals surface area contributed by atoms with E-state index in [0.717, 1.165) is 21.6 Å². The summed E-state index contributed by atoms with van der Waals surface area (Å²) in [6, 6.07) is 10.1. The lowest BCUT2D eigenvalue weighted by Gasteiger charge is -2.28. The molecule has 3 N–H and O–H groups in total. The lowest BCUT2D eigenvalue weighted by atomic mass is 9.78. The molecule has 152 valence electrons. The first kappa shape index (κ1) is 20.6. The average molecular weight is 392 g/mol. The van der Waals surface area contributed by atoms with E-state index in [1.807, 2.05) is 59.7 Å². The lowest BCUT2D eigenvalue weighted by Crippen LogP contribution is -2.37. The lowest BCUT2D eigenvalue weighted by molar-refractivity contribution is -0.112. The number of nitrogens with two attached hydrogens (primary N) is 1. The summed E-state index contributed by atoms with van der Waals surface area (Å²) >= 11 is 0. The van der Waals surface area contributed by atoms with Crippen molar-refractivity contribution in [2.45, 2.75) is 52.4 Å². The molecule has 1 aliphatic heterocycles. The van der Waals surface area contributed by atoms with Crippen LogP contribution >= 0.6 is 0 Å². The van der Waals surface area contributed by atoms with Crippen LogP contribution < -0.4 is 10.6 Å². The quantitative estimate of drug-likeness (QED) is 0.673. The molecule has 0 saturated heterocycles. The van der Waals surface area contributed by atoms with Gasteiger partial charge in [-0.25, -0.2) is 9.69 Å². The molecule has 0 aromatic heterocycles. The van der Waals surface area contributed by atoms with Gasteiger partial charge >= 0.3 is 6.03 Å². The third-order valence-electron chi connectivity index (χ3n) is 5.15. The Labute approximate surface area is 171 Å². The van der Waals surface area contributed by atoms with E-state index in [2.05, 4.69) is 0 Å². The number of urea groups is 1. The number of hydrogen-bond acceptors (Lipinski definition) is 3. The van der Waals surface area contributed by atoms with Crippen LogP contribution in [-0.4, -0.2) is 17.0 Å². The Morgan fingerprint density at radius 1 is 1.00 bits per heavy atom. The molecule has 3 amide bonds. The third-order valence-corrected chi connectivity index (χ3v) is 5.15. The van der Waals surface area contributed by atoms with Gasteiger partial charge in [0.2, 0.25) is 0 Å². The Morgan fingerprint density at radius 3 is 2.00 bits per heavy atom. The summed E-state index contributed by atoms with van der Waals surface area (Å²) in [6.07, 6.45) is 1.77. The van der Waals surface area contributed by atoms with Crippen molar-refractivity contribution in [1.82, 2.24) is 0 Å². The molecule has 0 unspecified atom stereocenters. The standard InChI is InChI=1S/C24H28N2O3/c1-23(2,3)17-12-14(13-18(20(17)27)24(4,5)6)11-16-15-9-7-8-10-19(15)26(21(16)28)22(25)29/h7-13,27H,1-6H3,(H2,25,29)/b16-11-. The van der Waals surface area contributed by atoms with Gasteiger partial charge in [0.25, 0.3) is 5.91 Å². The van der Waals surface area contributed by atoms with Crippen LogP contribution in [0.4, 0.5) is 10.5 Å². The summed E-state index contributed by atoms with van der Waals surface area (Å²) < 4.78 is 0. The summed E-state index contributed by atoms with van der Waals surface area (Å²) in [7, 11) is 0. The first-order valence-corrected chi connectivity index (χ1v) is 9.65. The van der Waals surface area contributed by atoms with Gasteiger partial charge in [0, 0.05) is 16.7 Å². The molecule has 1 heterocycles. The summed E-state index contributed by atoms with van der Waals surface area (Å²) in [5.74, 6) is -0.162. The molecular weight excluding hydrogens is 364 g/mol. The largest absolute Gasteiger partial charge is 0.507 e. The number of carbonyl (C=O) groups excluding carboxylic acids is 2. The van der Waals surface area contributed by atoms with Crippen molar-refractivity contribution in [3.63, 3.8) is 0 Å². The molecule has 29 heavy (non-hydrogen) atoms. The summed E-state index contributed by atoms with van der Waals surface area (Å²) in [5, 5.41) is 10.9. The highest BCUT2D eigenvalue weighted by Crippen LogP contribution is 2.42. The fourth-order valence-electron chi connectivity index (χ4n) is 3.65. The van der Waals surface area contributed by atoms with Crippen LogP contribution in [-0.2, 0) is 15.6 Å². The van der Waals surface area contributed by atoms with Gasteiger partial charge < -0.3 is 10.8 Å². The van der Waals surface area contributed by atoms with Gasteiger partial charge in [-0.15, -0.1) is 0 Å². The zero-order valence-electron chi connectivity index (χ0n) is 17.8. The number of fused-ring (bicyclic) bond motifs is 1. The monoisotopic (exact) mass is 392 g/mol. The van der Waals surface area contributed by atoms with Gasteiger partial charge in [-0.1, -0.05) is 59.7 Å². The molecule has 0 spiro atoms. The predicted molar refractivity (Wildman–Crippen MR) is 117 cm³/mol. The number of aromatic hydroxyl groups is 1. The normalized spacial score (nSPS) is 15.7. The second-order valence-electron chi connectivity index (χ2n) is 9.52. The minimum atomic E-state index is -0.803. The van der Waals surface area contributed by atoms with Crippen molar-refractivity contribution >= 4 is 29.3 Å². The van der Waals surface area contributed by atoms with E-state index in [0.29, 0.717) is 16.8 Å². The Kier molecular flexibility index (Phi) is 4.81. The Morgan fingerprint density at radius 2 is 1.52 bits per heavy atom. The second kappa shape index (κ2) is 6.76. The number of hydrogen-bond donors (Lipinski definition) is 2. The number of phenols is 1. The first-order chi connectivity index (χ1) is 13.3. The number of imide groups is 1. The molecule has 0 fully saturated rings. The van der Waals surface area contributed by atoms with E-state index in [4.69, 9.17) is 5.73 Å². The molecule has 1 aliphatic rings. The van der Waals surface area contributed by atoms with Gasteiger partial charge in [-0.3, -0.25) is 4.79 Å². The summed E-state index contributed by atoms with van der Waals surface area (Å²) in [4.78, 5) is 25.8. The van der Waals surface area contributed by atoms with Crippen molar-refractivity contribution in [2.75, 3.05) is 4.90 Å². The van der Waals surface area contributed by atoms with Crippen LogP contribution in [0.25, 0.3) is 11.6 Å². The Balaban J connectivity index is 2.26. The van der Waals surface area contributed by atoms with Gasteiger partial charge in [0.05, 0.1) is 11.3 Å². The van der Waals surface area contributed by atoms with Crippen LogP contribution in [0.1, 0.15) is 63.8 Å². The number of rotatable bonds is 1. The van der Waals surface area contributed by atoms with Crippen molar-refractivity contribution < 1.29 is 14.7 Å². The van der Waals surface area contributed by atoms with E-state index in [1.165, 1.54) is 0 Å². The third kappa shape index (κ3) is 3.65. The highest BCUT2D eigenvalue weighted by molar-refractivity contribution is 6.41.